The van der Waals surface area contributed by atoms with Crippen LogP contribution in [0.15, 0.2) is 58.1 Å². The van der Waals surface area contributed by atoms with Crippen LogP contribution in [-0.4, -0.2) is 39.4 Å². The molecule has 3 aromatic rings. The van der Waals surface area contributed by atoms with Crippen molar-refractivity contribution >= 4 is 28.4 Å². The number of likely N-dealkylation sites (tertiary alicyclic amines) is 1. The highest BCUT2D eigenvalue weighted by Crippen LogP contribution is 2.22. The topological polar surface area (TPSA) is 104 Å². The number of anilines is 1. The summed E-state index contributed by atoms with van der Waals surface area (Å²) in [7, 11) is 0. The van der Waals surface area contributed by atoms with Crippen LogP contribution in [0.5, 0.6) is 0 Å². The molecule has 8 heteroatoms. The minimum absolute atomic E-state index is 0.0474. The number of carbonyl (C=O) groups excluding carboxylic acids is 2. The van der Waals surface area contributed by atoms with E-state index in [9.17, 15) is 19.2 Å². The molecule has 1 aliphatic rings. The maximum absolute atomic E-state index is 13.1. The molecule has 1 aromatic heterocycles. The predicted octanol–water partition coefficient (Wildman–Crippen LogP) is 2.13. The summed E-state index contributed by atoms with van der Waals surface area (Å²) in [5, 5.41) is 2.99. The van der Waals surface area contributed by atoms with Gasteiger partial charge >= 0.3 is 5.69 Å². The van der Waals surface area contributed by atoms with E-state index in [0.29, 0.717) is 48.1 Å². The summed E-state index contributed by atoms with van der Waals surface area (Å²) in [4.78, 5) is 54.1. The highest BCUT2D eigenvalue weighted by Gasteiger charge is 2.26. The van der Waals surface area contributed by atoms with Gasteiger partial charge in [-0.15, -0.1) is 0 Å². The van der Waals surface area contributed by atoms with E-state index in [4.69, 9.17) is 0 Å². The Morgan fingerprint density at radius 2 is 1.73 bits per heavy atom. The van der Waals surface area contributed by atoms with Crippen molar-refractivity contribution in [2.45, 2.75) is 25.8 Å². The Bertz CT molecular complexity index is 1220. The van der Waals surface area contributed by atoms with E-state index in [-0.39, 0.29) is 17.9 Å². The molecule has 0 spiro atoms. The molecule has 0 saturated carbocycles. The molecule has 0 bridgehead atoms. The van der Waals surface area contributed by atoms with Gasteiger partial charge < -0.3 is 15.2 Å². The van der Waals surface area contributed by atoms with Crippen molar-refractivity contribution in [3.05, 3.63) is 74.9 Å². The number of fused-ring (bicyclic) bond motifs is 1. The third kappa shape index (κ3) is 3.76. The molecule has 0 radical (unpaired) electrons. The summed E-state index contributed by atoms with van der Waals surface area (Å²) in [6, 6.07) is 13.6. The number of hydrogen-bond donors (Lipinski definition) is 2. The van der Waals surface area contributed by atoms with Crippen LogP contribution in [0.4, 0.5) is 5.69 Å². The van der Waals surface area contributed by atoms with Crippen molar-refractivity contribution < 1.29 is 9.59 Å². The van der Waals surface area contributed by atoms with Crippen molar-refractivity contribution in [2.24, 2.45) is 0 Å². The first-order valence-corrected chi connectivity index (χ1v) is 9.84. The van der Waals surface area contributed by atoms with Crippen LogP contribution in [0.3, 0.4) is 0 Å². The maximum Gasteiger partial charge on any atom is 0.329 e. The summed E-state index contributed by atoms with van der Waals surface area (Å²) < 4.78 is 1.24. The molecule has 2 N–H and O–H groups in total. The highest BCUT2D eigenvalue weighted by atomic mass is 16.2. The lowest BCUT2D eigenvalue weighted by Gasteiger charge is -2.32. The number of nitrogens with one attached hydrogen (secondary N) is 2. The first kappa shape index (κ1) is 19.6. The summed E-state index contributed by atoms with van der Waals surface area (Å²) in [6.45, 7) is 2.32. The van der Waals surface area contributed by atoms with E-state index < -0.39 is 11.2 Å². The van der Waals surface area contributed by atoms with E-state index >= 15 is 0 Å². The van der Waals surface area contributed by atoms with Crippen LogP contribution in [-0.2, 0) is 4.79 Å². The Balaban J connectivity index is 1.59. The lowest BCUT2D eigenvalue weighted by molar-refractivity contribution is -0.114. The van der Waals surface area contributed by atoms with Crippen molar-refractivity contribution in [2.75, 3.05) is 18.4 Å². The van der Waals surface area contributed by atoms with E-state index in [0.717, 1.165) is 0 Å². The second kappa shape index (κ2) is 7.98. The minimum Gasteiger partial charge on any atom is -0.338 e. The highest BCUT2D eigenvalue weighted by molar-refractivity contribution is 5.94. The number of H-pyrrole nitrogens is 1. The number of aromatic nitrogens is 2. The number of benzene rings is 2. The fourth-order valence-electron chi connectivity index (χ4n) is 3.93. The largest absolute Gasteiger partial charge is 0.338 e. The Morgan fingerprint density at radius 1 is 1.03 bits per heavy atom. The molecule has 0 unspecified atom stereocenters. The standard InChI is InChI=1S/C22H22N4O4/c1-14(27)23-16-7-8-19-18(13-16)21(29)26(22(30)24-19)17-9-11-25(12-10-17)20(28)15-5-3-2-4-6-15/h2-8,13,17H,9-12H2,1H3,(H,23,27)(H,24,30). The molecular formula is C22H22N4O4. The number of aromatic amines is 1. The Labute approximate surface area is 172 Å². The number of rotatable bonds is 3. The minimum atomic E-state index is -0.465. The Morgan fingerprint density at radius 3 is 2.40 bits per heavy atom. The molecule has 2 amide bonds. The normalized spacial score (nSPS) is 14.6. The van der Waals surface area contributed by atoms with Crippen molar-refractivity contribution in [1.82, 2.24) is 14.5 Å². The van der Waals surface area contributed by atoms with E-state index in [1.165, 1.54) is 11.5 Å². The Hall–Kier alpha value is -3.68. The monoisotopic (exact) mass is 406 g/mol. The third-order valence-corrected chi connectivity index (χ3v) is 5.39. The molecule has 154 valence electrons. The molecule has 1 fully saturated rings. The second-order valence-corrected chi connectivity index (χ2v) is 7.44. The average molecular weight is 406 g/mol. The average Bonchev–Trinajstić information content (AvgIpc) is 2.74. The summed E-state index contributed by atoms with van der Waals surface area (Å²) in [5.41, 5.74) is 0.685. The number of carbonyl (C=O) groups is 2. The lowest BCUT2D eigenvalue weighted by Crippen LogP contribution is -2.45. The fraction of sp³-hybridized carbons (Fsp3) is 0.273. The zero-order valence-corrected chi connectivity index (χ0v) is 16.6. The van der Waals surface area contributed by atoms with E-state index in [1.54, 1.807) is 35.2 Å². The molecule has 1 aliphatic heterocycles. The van der Waals surface area contributed by atoms with Gasteiger partial charge in [-0.1, -0.05) is 18.2 Å². The molecule has 8 nitrogen and oxygen atoms in total. The van der Waals surface area contributed by atoms with Gasteiger partial charge in [0.1, 0.15) is 0 Å². The third-order valence-electron chi connectivity index (χ3n) is 5.39. The molecule has 1 saturated heterocycles. The quantitative estimate of drug-likeness (QED) is 0.695. The molecule has 0 atom stereocenters. The van der Waals surface area contributed by atoms with Crippen LogP contribution >= 0.6 is 0 Å². The van der Waals surface area contributed by atoms with Crippen LogP contribution < -0.4 is 16.6 Å². The zero-order valence-electron chi connectivity index (χ0n) is 16.6. The molecular weight excluding hydrogens is 384 g/mol. The van der Waals surface area contributed by atoms with Crippen molar-refractivity contribution in [1.29, 1.82) is 0 Å². The molecule has 30 heavy (non-hydrogen) atoms. The van der Waals surface area contributed by atoms with Crippen LogP contribution in [0.2, 0.25) is 0 Å². The van der Waals surface area contributed by atoms with Crippen molar-refractivity contribution in [3.8, 4) is 0 Å². The zero-order chi connectivity index (χ0) is 21.3. The van der Waals surface area contributed by atoms with Crippen LogP contribution in [0.1, 0.15) is 36.2 Å². The van der Waals surface area contributed by atoms with Gasteiger partial charge in [-0.25, -0.2) is 4.79 Å². The molecule has 0 aliphatic carbocycles. The van der Waals surface area contributed by atoms with Crippen LogP contribution in [0, 0.1) is 0 Å². The van der Waals surface area contributed by atoms with Gasteiger partial charge in [0.15, 0.2) is 0 Å². The molecule has 2 aromatic carbocycles. The van der Waals surface area contributed by atoms with E-state index in [2.05, 4.69) is 10.3 Å². The molecule has 2 heterocycles. The molecule has 4 rings (SSSR count). The summed E-state index contributed by atoms with van der Waals surface area (Å²) in [6.07, 6.45) is 1.02. The van der Waals surface area contributed by atoms with Gasteiger partial charge in [-0.3, -0.25) is 19.0 Å². The number of amides is 2. The lowest BCUT2D eigenvalue weighted by atomic mass is 10.0. The summed E-state index contributed by atoms with van der Waals surface area (Å²) in [5.74, 6) is -0.289. The van der Waals surface area contributed by atoms with E-state index in [1.807, 2.05) is 18.2 Å². The first-order chi connectivity index (χ1) is 14.4. The van der Waals surface area contributed by atoms with Crippen LogP contribution in [0.25, 0.3) is 10.9 Å². The van der Waals surface area contributed by atoms with Gasteiger partial charge in [0.05, 0.1) is 10.9 Å². The number of nitrogens with zero attached hydrogens (tertiary/aromatic N) is 2. The summed E-state index contributed by atoms with van der Waals surface area (Å²) >= 11 is 0. The Kier molecular flexibility index (Phi) is 5.22. The predicted molar refractivity (Wildman–Crippen MR) is 114 cm³/mol. The smallest absolute Gasteiger partial charge is 0.329 e. The van der Waals surface area contributed by atoms with Gasteiger partial charge in [0, 0.05) is 37.3 Å². The fourth-order valence-corrected chi connectivity index (χ4v) is 3.93. The van der Waals surface area contributed by atoms with Gasteiger partial charge in [0.2, 0.25) is 5.91 Å². The first-order valence-electron chi connectivity index (χ1n) is 9.84. The SMILES string of the molecule is CC(=O)Nc1ccc2[nH]c(=O)n(C3CCN(C(=O)c4ccccc4)CC3)c(=O)c2c1. The van der Waals surface area contributed by atoms with Crippen molar-refractivity contribution in [3.63, 3.8) is 0 Å². The second-order valence-electron chi connectivity index (χ2n) is 7.44. The maximum atomic E-state index is 13.1. The number of hydrogen-bond acceptors (Lipinski definition) is 4. The van der Waals surface area contributed by atoms with Gasteiger partial charge in [0.25, 0.3) is 11.5 Å². The number of piperidine rings is 1. The van der Waals surface area contributed by atoms with Gasteiger partial charge in [-0.05, 0) is 43.2 Å². The van der Waals surface area contributed by atoms with Gasteiger partial charge in [-0.2, -0.15) is 0 Å².